The van der Waals surface area contributed by atoms with Crippen molar-refractivity contribution in [2.45, 2.75) is 19.1 Å². The Kier molecular flexibility index (Phi) is 4.80. The fraction of sp³-hybridized carbons (Fsp3) is 0.533. The SMILES string of the molecule is C[C@H]1CO[C@H](CO)CN1C(=O)c1ccc(N(C)C)cc1F. The van der Waals surface area contributed by atoms with Crippen LogP contribution < -0.4 is 4.90 Å². The summed E-state index contributed by atoms with van der Waals surface area (Å²) in [6, 6.07) is 4.42. The molecule has 0 bridgehead atoms. The second kappa shape index (κ2) is 6.41. The van der Waals surface area contributed by atoms with Gasteiger partial charge in [-0.2, -0.15) is 0 Å². The van der Waals surface area contributed by atoms with Crippen molar-refractivity contribution in [3.63, 3.8) is 0 Å². The van der Waals surface area contributed by atoms with Crippen LogP contribution in [-0.2, 0) is 4.74 Å². The lowest BCUT2D eigenvalue weighted by molar-refractivity contribution is -0.0668. The average Bonchev–Trinajstić information content (AvgIpc) is 2.47. The number of ether oxygens (including phenoxy) is 1. The Morgan fingerprint density at radius 2 is 2.24 bits per heavy atom. The van der Waals surface area contributed by atoms with Crippen LogP contribution in [0.1, 0.15) is 17.3 Å². The monoisotopic (exact) mass is 296 g/mol. The first kappa shape index (κ1) is 15.7. The summed E-state index contributed by atoms with van der Waals surface area (Å²) in [7, 11) is 3.62. The zero-order valence-electron chi connectivity index (χ0n) is 12.5. The van der Waals surface area contributed by atoms with Crippen molar-refractivity contribution < 1.29 is 19.0 Å². The third-order valence-electron chi connectivity index (χ3n) is 3.67. The number of amides is 1. The number of nitrogens with zero attached hydrogens (tertiary/aromatic N) is 2. The highest BCUT2D eigenvalue weighted by atomic mass is 19.1. The lowest BCUT2D eigenvalue weighted by Gasteiger charge is -2.37. The van der Waals surface area contributed by atoms with E-state index in [4.69, 9.17) is 9.84 Å². The van der Waals surface area contributed by atoms with E-state index >= 15 is 0 Å². The Balaban J connectivity index is 2.22. The average molecular weight is 296 g/mol. The van der Waals surface area contributed by atoms with E-state index in [2.05, 4.69) is 0 Å². The maximum atomic E-state index is 14.2. The Bertz CT molecular complexity index is 522. The highest BCUT2D eigenvalue weighted by Gasteiger charge is 2.31. The number of anilines is 1. The minimum atomic E-state index is -0.537. The van der Waals surface area contributed by atoms with Crippen LogP contribution in [0.25, 0.3) is 0 Å². The first-order chi connectivity index (χ1) is 9.93. The molecule has 1 N–H and O–H groups in total. The predicted molar refractivity (Wildman–Crippen MR) is 78.1 cm³/mol. The second-order valence-corrected chi connectivity index (χ2v) is 5.50. The van der Waals surface area contributed by atoms with Gasteiger partial charge in [-0.3, -0.25) is 4.79 Å². The van der Waals surface area contributed by atoms with Gasteiger partial charge in [-0.1, -0.05) is 0 Å². The van der Waals surface area contributed by atoms with Gasteiger partial charge in [-0.15, -0.1) is 0 Å². The minimum Gasteiger partial charge on any atom is -0.394 e. The van der Waals surface area contributed by atoms with Crippen molar-refractivity contribution in [3.8, 4) is 0 Å². The number of carbonyl (C=O) groups excluding carboxylic acids is 1. The molecule has 0 spiro atoms. The number of aliphatic hydroxyl groups is 1. The van der Waals surface area contributed by atoms with E-state index in [9.17, 15) is 9.18 Å². The summed E-state index contributed by atoms with van der Waals surface area (Å²) >= 11 is 0. The fourth-order valence-electron chi connectivity index (χ4n) is 2.32. The number of carbonyl (C=O) groups is 1. The molecular formula is C15H21FN2O3. The van der Waals surface area contributed by atoms with E-state index in [0.717, 1.165) is 0 Å². The Hall–Kier alpha value is -1.66. The van der Waals surface area contributed by atoms with Crippen LogP contribution in [0.3, 0.4) is 0 Å². The van der Waals surface area contributed by atoms with Crippen LogP contribution in [0.5, 0.6) is 0 Å². The summed E-state index contributed by atoms with van der Waals surface area (Å²) in [5, 5.41) is 9.16. The molecule has 1 saturated heterocycles. The number of benzene rings is 1. The van der Waals surface area contributed by atoms with Gasteiger partial charge in [-0.25, -0.2) is 4.39 Å². The number of hydrogen-bond acceptors (Lipinski definition) is 4. The first-order valence-electron chi connectivity index (χ1n) is 6.94. The van der Waals surface area contributed by atoms with E-state index < -0.39 is 11.9 Å². The van der Waals surface area contributed by atoms with Gasteiger partial charge in [-0.05, 0) is 25.1 Å². The Morgan fingerprint density at radius 3 is 2.81 bits per heavy atom. The van der Waals surface area contributed by atoms with Gasteiger partial charge >= 0.3 is 0 Å². The van der Waals surface area contributed by atoms with Gasteiger partial charge in [0.2, 0.25) is 0 Å². The number of hydrogen-bond donors (Lipinski definition) is 1. The molecule has 5 nitrogen and oxygen atoms in total. The van der Waals surface area contributed by atoms with Crippen LogP contribution in [0.15, 0.2) is 18.2 Å². The van der Waals surface area contributed by atoms with Crippen LogP contribution in [0.2, 0.25) is 0 Å². The molecule has 1 aromatic rings. The molecule has 0 aliphatic carbocycles. The fourth-order valence-corrected chi connectivity index (χ4v) is 2.32. The molecule has 2 rings (SSSR count). The normalized spacial score (nSPS) is 22.2. The highest BCUT2D eigenvalue weighted by Crippen LogP contribution is 2.21. The minimum absolute atomic E-state index is 0.0473. The van der Waals surface area contributed by atoms with Gasteiger partial charge in [0.05, 0.1) is 30.9 Å². The third kappa shape index (κ3) is 3.33. The van der Waals surface area contributed by atoms with E-state index in [1.165, 1.54) is 12.1 Å². The summed E-state index contributed by atoms with van der Waals surface area (Å²) < 4.78 is 19.6. The number of rotatable bonds is 3. The van der Waals surface area contributed by atoms with E-state index in [-0.39, 0.29) is 30.7 Å². The molecular weight excluding hydrogens is 275 g/mol. The Labute approximate surface area is 123 Å². The third-order valence-corrected chi connectivity index (χ3v) is 3.67. The molecule has 0 saturated carbocycles. The maximum absolute atomic E-state index is 14.2. The lowest BCUT2D eigenvalue weighted by Crippen LogP contribution is -2.52. The predicted octanol–water partition coefficient (Wildman–Crippen LogP) is 1.11. The molecule has 2 atom stereocenters. The van der Waals surface area contributed by atoms with Crippen LogP contribution in [-0.4, -0.2) is 61.9 Å². The molecule has 1 fully saturated rings. The standard InChI is InChI=1S/C15H21FN2O3/c1-10-9-21-12(8-19)7-18(10)15(20)13-5-4-11(17(2)3)6-14(13)16/h4-6,10,12,19H,7-9H2,1-3H3/t10-,12-/m0/s1. The molecule has 1 aliphatic heterocycles. The molecule has 1 heterocycles. The molecule has 1 aliphatic rings. The largest absolute Gasteiger partial charge is 0.394 e. The number of aliphatic hydroxyl groups excluding tert-OH is 1. The lowest BCUT2D eigenvalue weighted by atomic mass is 10.1. The number of halogens is 1. The van der Waals surface area contributed by atoms with Gasteiger partial charge < -0.3 is 19.6 Å². The summed E-state index contributed by atoms with van der Waals surface area (Å²) in [4.78, 5) is 15.8. The summed E-state index contributed by atoms with van der Waals surface area (Å²) in [6.45, 7) is 2.30. The summed E-state index contributed by atoms with van der Waals surface area (Å²) in [5.74, 6) is -0.905. The zero-order valence-corrected chi connectivity index (χ0v) is 12.5. The van der Waals surface area contributed by atoms with Gasteiger partial charge in [0.25, 0.3) is 5.91 Å². The van der Waals surface area contributed by atoms with Crippen molar-refractivity contribution >= 4 is 11.6 Å². The molecule has 1 amide bonds. The summed E-state index contributed by atoms with van der Waals surface area (Å²) in [5.41, 5.74) is 0.748. The zero-order chi connectivity index (χ0) is 15.6. The summed E-state index contributed by atoms with van der Waals surface area (Å²) in [6.07, 6.45) is -0.408. The second-order valence-electron chi connectivity index (χ2n) is 5.50. The van der Waals surface area contributed by atoms with Crippen LogP contribution in [0, 0.1) is 5.82 Å². The quantitative estimate of drug-likeness (QED) is 0.908. The molecule has 21 heavy (non-hydrogen) atoms. The Morgan fingerprint density at radius 1 is 1.52 bits per heavy atom. The molecule has 1 aromatic carbocycles. The van der Waals surface area contributed by atoms with Crippen LogP contribution in [0.4, 0.5) is 10.1 Å². The molecule has 0 unspecified atom stereocenters. The van der Waals surface area contributed by atoms with E-state index in [1.807, 2.05) is 21.0 Å². The molecule has 6 heteroatoms. The van der Waals surface area contributed by atoms with E-state index in [0.29, 0.717) is 12.3 Å². The molecule has 0 radical (unpaired) electrons. The van der Waals surface area contributed by atoms with E-state index in [1.54, 1.807) is 15.9 Å². The van der Waals surface area contributed by atoms with Crippen molar-refractivity contribution in [3.05, 3.63) is 29.6 Å². The van der Waals surface area contributed by atoms with Crippen molar-refractivity contribution in [1.82, 2.24) is 4.90 Å². The van der Waals surface area contributed by atoms with Crippen molar-refractivity contribution in [1.29, 1.82) is 0 Å². The van der Waals surface area contributed by atoms with Crippen molar-refractivity contribution in [2.24, 2.45) is 0 Å². The smallest absolute Gasteiger partial charge is 0.257 e. The van der Waals surface area contributed by atoms with Gasteiger partial charge in [0.1, 0.15) is 5.82 Å². The topological polar surface area (TPSA) is 53.0 Å². The first-order valence-corrected chi connectivity index (χ1v) is 6.94. The van der Waals surface area contributed by atoms with Crippen LogP contribution >= 0.6 is 0 Å². The van der Waals surface area contributed by atoms with Gasteiger partial charge in [0, 0.05) is 26.3 Å². The van der Waals surface area contributed by atoms with Gasteiger partial charge in [0.15, 0.2) is 0 Å². The highest BCUT2D eigenvalue weighted by molar-refractivity contribution is 5.95. The maximum Gasteiger partial charge on any atom is 0.257 e. The number of morpholine rings is 1. The van der Waals surface area contributed by atoms with Crippen molar-refractivity contribution in [2.75, 3.05) is 38.8 Å². The molecule has 116 valence electrons. The molecule has 0 aromatic heterocycles.